The lowest BCUT2D eigenvalue weighted by atomic mass is 9.95. The zero-order chi connectivity index (χ0) is 25.5. The Morgan fingerprint density at radius 2 is 1.80 bits per heavy atom. The number of carbonyl (C=O) groups excluding carboxylic acids is 2. The molecule has 3 rings (SSSR count). The van der Waals surface area contributed by atoms with Crippen LogP contribution in [-0.2, 0) is 9.59 Å². The summed E-state index contributed by atoms with van der Waals surface area (Å²) in [4.78, 5) is 40.4. The van der Waals surface area contributed by atoms with E-state index < -0.39 is 22.7 Å². The minimum absolute atomic E-state index is 0.0453. The maximum atomic E-state index is 13.2. The van der Waals surface area contributed by atoms with E-state index in [9.17, 15) is 24.8 Å². The van der Waals surface area contributed by atoms with Gasteiger partial charge in [0.2, 0.25) is 0 Å². The van der Waals surface area contributed by atoms with Gasteiger partial charge in [-0.25, -0.2) is 0 Å². The molecule has 0 saturated carbocycles. The highest BCUT2D eigenvalue weighted by molar-refractivity contribution is 6.46. The Bertz CT molecular complexity index is 1110. The molecule has 1 unspecified atom stereocenters. The lowest BCUT2D eigenvalue weighted by Crippen LogP contribution is -2.38. The maximum absolute atomic E-state index is 13.2. The summed E-state index contributed by atoms with van der Waals surface area (Å²) in [6.45, 7) is 8.89. The van der Waals surface area contributed by atoms with Crippen LogP contribution < -0.4 is 4.74 Å². The monoisotopic (exact) mass is 481 g/mol. The van der Waals surface area contributed by atoms with Gasteiger partial charge in [-0.2, -0.15) is 0 Å². The minimum atomic E-state index is -0.869. The number of aliphatic hydroxyl groups is 1. The van der Waals surface area contributed by atoms with E-state index in [2.05, 4.69) is 4.90 Å². The highest BCUT2D eigenvalue weighted by Crippen LogP contribution is 2.40. The van der Waals surface area contributed by atoms with Gasteiger partial charge in [-0.1, -0.05) is 32.9 Å². The molecule has 1 aliphatic rings. The molecule has 1 fully saturated rings. The fraction of sp³-hybridized carbons (Fsp3) is 0.385. The minimum Gasteiger partial charge on any atom is -0.507 e. The number of non-ortho nitro benzene ring substituents is 1. The van der Waals surface area contributed by atoms with Crippen molar-refractivity contribution in [2.24, 2.45) is 0 Å². The summed E-state index contributed by atoms with van der Waals surface area (Å²) in [5.41, 5.74) is 0.715. The van der Waals surface area contributed by atoms with E-state index >= 15 is 0 Å². The third-order valence-electron chi connectivity index (χ3n) is 6.09. The SMILES string of the molecule is CCCOc1cccc(C(O)=C2C(=O)C(=O)N(CCN(CC)CC)C2c2ccc([N+](=O)[O-])cc2)c1. The summed E-state index contributed by atoms with van der Waals surface area (Å²) in [7, 11) is 0. The number of aliphatic hydroxyl groups excluding tert-OH is 1. The predicted molar refractivity (Wildman–Crippen MR) is 132 cm³/mol. The number of likely N-dealkylation sites (tertiary alicyclic amines) is 1. The molecule has 0 aromatic heterocycles. The predicted octanol–water partition coefficient (Wildman–Crippen LogP) is 4.15. The van der Waals surface area contributed by atoms with Crippen molar-refractivity contribution in [3.8, 4) is 5.75 Å². The number of hydrogen-bond donors (Lipinski definition) is 1. The molecule has 1 amide bonds. The molecule has 0 spiro atoms. The lowest BCUT2D eigenvalue weighted by molar-refractivity contribution is -0.384. The van der Waals surface area contributed by atoms with Gasteiger partial charge in [0.1, 0.15) is 11.5 Å². The number of nitro benzene ring substituents is 1. The largest absolute Gasteiger partial charge is 0.507 e. The second kappa shape index (κ2) is 11.6. The summed E-state index contributed by atoms with van der Waals surface area (Å²) in [5, 5.41) is 22.4. The first-order valence-electron chi connectivity index (χ1n) is 11.8. The second-order valence-corrected chi connectivity index (χ2v) is 8.24. The quantitative estimate of drug-likeness (QED) is 0.169. The van der Waals surface area contributed by atoms with Gasteiger partial charge < -0.3 is 19.6 Å². The fourth-order valence-corrected chi connectivity index (χ4v) is 4.13. The standard InChI is InChI=1S/C26H31N3O6/c1-4-16-35-21-9-7-8-19(17-21)24(30)22-23(18-10-12-20(13-11-18)29(33)34)28(26(32)25(22)31)15-14-27(5-2)6-3/h7-13,17,23,30H,4-6,14-16H2,1-3H3. The Kier molecular flexibility index (Phi) is 8.59. The van der Waals surface area contributed by atoms with Crippen molar-refractivity contribution in [3.63, 3.8) is 0 Å². The number of ketones is 1. The summed E-state index contributed by atoms with van der Waals surface area (Å²) in [6, 6.07) is 11.6. The van der Waals surface area contributed by atoms with E-state index in [4.69, 9.17) is 4.74 Å². The zero-order valence-corrected chi connectivity index (χ0v) is 20.3. The maximum Gasteiger partial charge on any atom is 0.295 e. The molecule has 2 aromatic carbocycles. The Labute approximate surface area is 204 Å². The summed E-state index contributed by atoms with van der Waals surface area (Å²) >= 11 is 0. The van der Waals surface area contributed by atoms with E-state index in [1.54, 1.807) is 24.3 Å². The number of Topliss-reactive ketones (excluding diaryl/α,β-unsaturated/α-hetero) is 1. The molecule has 1 atom stereocenters. The van der Waals surface area contributed by atoms with Crippen LogP contribution in [0.1, 0.15) is 44.4 Å². The Morgan fingerprint density at radius 1 is 1.11 bits per heavy atom. The highest BCUT2D eigenvalue weighted by Gasteiger charge is 2.46. The molecule has 2 aromatic rings. The fourth-order valence-electron chi connectivity index (χ4n) is 4.13. The molecule has 9 heteroatoms. The normalized spacial score (nSPS) is 17.3. The number of nitro groups is 1. The first kappa shape index (κ1) is 25.9. The number of nitrogens with zero attached hydrogens (tertiary/aromatic N) is 3. The molecular formula is C26H31N3O6. The molecule has 1 heterocycles. The van der Waals surface area contributed by atoms with Crippen LogP contribution in [-0.4, -0.2) is 64.3 Å². The van der Waals surface area contributed by atoms with Crippen molar-refractivity contribution < 1.29 is 24.4 Å². The van der Waals surface area contributed by atoms with Crippen molar-refractivity contribution >= 4 is 23.1 Å². The van der Waals surface area contributed by atoms with E-state index in [-0.39, 0.29) is 23.6 Å². The highest BCUT2D eigenvalue weighted by atomic mass is 16.6. The van der Waals surface area contributed by atoms with Crippen LogP contribution in [0.4, 0.5) is 5.69 Å². The van der Waals surface area contributed by atoms with Crippen LogP contribution in [0, 0.1) is 10.1 Å². The van der Waals surface area contributed by atoms with Crippen LogP contribution in [0.3, 0.4) is 0 Å². The molecule has 186 valence electrons. The Hall–Kier alpha value is -3.72. The number of hydrogen-bond acceptors (Lipinski definition) is 7. The Morgan fingerprint density at radius 3 is 2.40 bits per heavy atom. The van der Waals surface area contributed by atoms with Gasteiger partial charge in [-0.3, -0.25) is 19.7 Å². The molecule has 0 aliphatic carbocycles. The van der Waals surface area contributed by atoms with Gasteiger partial charge in [0.25, 0.3) is 17.4 Å². The molecular weight excluding hydrogens is 450 g/mol. The van der Waals surface area contributed by atoms with Crippen LogP contribution in [0.5, 0.6) is 5.75 Å². The van der Waals surface area contributed by atoms with E-state index in [0.29, 0.717) is 30.0 Å². The molecule has 9 nitrogen and oxygen atoms in total. The number of likely N-dealkylation sites (N-methyl/N-ethyl adjacent to an activating group) is 1. The third-order valence-corrected chi connectivity index (χ3v) is 6.09. The second-order valence-electron chi connectivity index (χ2n) is 8.24. The molecule has 35 heavy (non-hydrogen) atoms. The lowest BCUT2D eigenvalue weighted by Gasteiger charge is -2.28. The van der Waals surface area contributed by atoms with E-state index in [1.165, 1.54) is 29.2 Å². The topological polar surface area (TPSA) is 113 Å². The van der Waals surface area contributed by atoms with Crippen molar-refractivity contribution in [3.05, 3.63) is 75.3 Å². The van der Waals surface area contributed by atoms with Gasteiger partial charge in [0.15, 0.2) is 0 Å². The molecule has 1 N–H and O–H groups in total. The van der Waals surface area contributed by atoms with Crippen molar-refractivity contribution in [2.45, 2.75) is 33.2 Å². The van der Waals surface area contributed by atoms with E-state index in [1.807, 2.05) is 20.8 Å². The molecule has 0 radical (unpaired) electrons. The number of rotatable bonds is 11. The van der Waals surface area contributed by atoms with Crippen molar-refractivity contribution in [1.82, 2.24) is 9.80 Å². The van der Waals surface area contributed by atoms with Crippen LogP contribution in [0.25, 0.3) is 5.76 Å². The summed E-state index contributed by atoms with van der Waals surface area (Å²) < 4.78 is 5.65. The third kappa shape index (κ3) is 5.68. The average molecular weight is 482 g/mol. The van der Waals surface area contributed by atoms with Gasteiger partial charge in [0, 0.05) is 30.8 Å². The molecule has 0 bridgehead atoms. The van der Waals surface area contributed by atoms with Gasteiger partial charge in [-0.15, -0.1) is 0 Å². The van der Waals surface area contributed by atoms with Gasteiger partial charge >= 0.3 is 0 Å². The van der Waals surface area contributed by atoms with Crippen LogP contribution >= 0.6 is 0 Å². The number of benzene rings is 2. The Balaban J connectivity index is 2.09. The number of ether oxygens (including phenoxy) is 1. The molecule has 1 aliphatic heterocycles. The molecule has 1 saturated heterocycles. The van der Waals surface area contributed by atoms with Gasteiger partial charge in [0.05, 0.1) is 23.1 Å². The van der Waals surface area contributed by atoms with Crippen LogP contribution in [0.15, 0.2) is 54.1 Å². The summed E-state index contributed by atoms with van der Waals surface area (Å²) in [6.07, 6.45) is 0.813. The zero-order valence-electron chi connectivity index (χ0n) is 20.3. The van der Waals surface area contributed by atoms with Crippen LogP contribution in [0.2, 0.25) is 0 Å². The van der Waals surface area contributed by atoms with Gasteiger partial charge in [-0.05, 0) is 49.3 Å². The average Bonchev–Trinajstić information content (AvgIpc) is 3.12. The number of amides is 1. The smallest absolute Gasteiger partial charge is 0.295 e. The first-order valence-corrected chi connectivity index (χ1v) is 11.8. The summed E-state index contributed by atoms with van der Waals surface area (Å²) in [5.74, 6) is -1.26. The van der Waals surface area contributed by atoms with Crippen molar-refractivity contribution in [2.75, 3.05) is 32.8 Å². The van der Waals surface area contributed by atoms with Crippen molar-refractivity contribution in [1.29, 1.82) is 0 Å². The first-order chi connectivity index (χ1) is 16.8. The number of carbonyl (C=O) groups is 2. The van der Waals surface area contributed by atoms with E-state index in [0.717, 1.165) is 19.5 Å².